The predicted molar refractivity (Wildman–Crippen MR) is 85.2 cm³/mol. The molecule has 0 fully saturated rings. The summed E-state index contributed by atoms with van der Waals surface area (Å²) in [5.74, 6) is -0.630. The van der Waals surface area contributed by atoms with Gasteiger partial charge in [-0.05, 0) is 31.6 Å². The molecule has 1 aliphatic rings. The number of aromatic carboxylic acids is 1. The minimum atomic E-state index is -1.06. The quantitative estimate of drug-likeness (QED) is 0.908. The van der Waals surface area contributed by atoms with Crippen LogP contribution in [0, 0.1) is 0 Å². The van der Waals surface area contributed by atoms with Gasteiger partial charge in [0.2, 0.25) is 5.89 Å². The summed E-state index contributed by atoms with van der Waals surface area (Å²) in [5.41, 5.74) is 2.76. The molecular weight excluding hydrogens is 294 g/mol. The van der Waals surface area contributed by atoms with Crippen LogP contribution in [0.5, 0.6) is 0 Å². The van der Waals surface area contributed by atoms with E-state index in [0.29, 0.717) is 18.5 Å². The smallest absolute Gasteiger partial charge is 0.357 e. The second-order valence-electron chi connectivity index (χ2n) is 6.17. The number of carboxylic acids is 1. The van der Waals surface area contributed by atoms with Crippen molar-refractivity contribution in [2.75, 3.05) is 20.6 Å². The fourth-order valence-electron chi connectivity index (χ4n) is 3.06. The zero-order valence-electron chi connectivity index (χ0n) is 13.4. The number of likely N-dealkylation sites (N-methyl/N-ethyl adjacent to an activating group) is 2. The molecule has 2 heterocycles. The summed E-state index contributed by atoms with van der Waals surface area (Å²) in [6.07, 6.45) is 2.21. The van der Waals surface area contributed by atoms with Crippen LogP contribution in [0.2, 0.25) is 0 Å². The van der Waals surface area contributed by atoms with Gasteiger partial charge in [-0.2, -0.15) is 0 Å². The van der Waals surface area contributed by atoms with Gasteiger partial charge in [0.05, 0.1) is 6.54 Å². The molecule has 1 unspecified atom stereocenters. The van der Waals surface area contributed by atoms with Crippen LogP contribution in [0.1, 0.15) is 27.5 Å². The average Bonchev–Trinajstić information content (AvgIpc) is 2.96. The van der Waals surface area contributed by atoms with E-state index in [1.807, 2.05) is 7.05 Å². The number of hydrogen-bond acceptors (Lipinski definition) is 5. The van der Waals surface area contributed by atoms with Gasteiger partial charge in [0.15, 0.2) is 5.69 Å². The molecule has 0 saturated heterocycles. The number of aromatic nitrogens is 1. The maximum atomic E-state index is 10.8. The molecule has 0 amide bonds. The van der Waals surface area contributed by atoms with E-state index in [2.05, 4.69) is 46.1 Å². The van der Waals surface area contributed by atoms with Crippen molar-refractivity contribution in [1.82, 2.24) is 14.8 Å². The van der Waals surface area contributed by atoms with E-state index in [4.69, 9.17) is 9.52 Å². The topological polar surface area (TPSA) is 69.8 Å². The Balaban J connectivity index is 1.61. The lowest BCUT2D eigenvalue weighted by Crippen LogP contribution is -2.44. The molecule has 0 radical (unpaired) electrons. The summed E-state index contributed by atoms with van der Waals surface area (Å²) in [6.45, 7) is 2.33. The van der Waals surface area contributed by atoms with E-state index in [-0.39, 0.29) is 5.69 Å². The molecule has 1 aromatic carbocycles. The Morgan fingerprint density at radius 3 is 2.87 bits per heavy atom. The summed E-state index contributed by atoms with van der Waals surface area (Å²) in [4.78, 5) is 19.3. The summed E-state index contributed by atoms with van der Waals surface area (Å²) in [7, 11) is 4.14. The third kappa shape index (κ3) is 3.60. The Morgan fingerprint density at radius 1 is 1.43 bits per heavy atom. The maximum Gasteiger partial charge on any atom is 0.357 e. The number of oxazole rings is 1. The van der Waals surface area contributed by atoms with E-state index >= 15 is 0 Å². The SMILES string of the molecule is CN(Cc1nc(C(=O)O)co1)CC1Cc2ccccc2CN1C. The van der Waals surface area contributed by atoms with Crippen LogP contribution >= 0.6 is 0 Å². The van der Waals surface area contributed by atoms with E-state index < -0.39 is 5.97 Å². The van der Waals surface area contributed by atoms with Crippen molar-refractivity contribution in [1.29, 1.82) is 0 Å². The van der Waals surface area contributed by atoms with Crippen LogP contribution in [-0.4, -0.2) is 52.5 Å². The number of benzene rings is 1. The Hall–Kier alpha value is -2.18. The zero-order valence-corrected chi connectivity index (χ0v) is 13.4. The molecule has 1 N–H and O–H groups in total. The van der Waals surface area contributed by atoms with Gasteiger partial charge in [-0.3, -0.25) is 9.80 Å². The van der Waals surface area contributed by atoms with Gasteiger partial charge in [0.1, 0.15) is 6.26 Å². The average molecular weight is 315 g/mol. The van der Waals surface area contributed by atoms with Crippen molar-refractivity contribution in [2.45, 2.75) is 25.6 Å². The first kappa shape index (κ1) is 15.7. The Morgan fingerprint density at radius 2 is 2.17 bits per heavy atom. The number of carbonyl (C=O) groups is 1. The van der Waals surface area contributed by atoms with Gasteiger partial charge in [-0.1, -0.05) is 24.3 Å². The number of carboxylic acid groups (broad SMARTS) is 1. The van der Waals surface area contributed by atoms with Gasteiger partial charge >= 0.3 is 5.97 Å². The molecule has 0 aliphatic carbocycles. The highest BCUT2D eigenvalue weighted by Gasteiger charge is 2.24. The van der Waals surface area contributed by atoms with Gasteiger partial charge in [0.25, 0.3) is 0 Å². The fraction of sp³-hybridized carbons (Fsp3) is 0.412. The lowest BCUT2D eigenvalue weighted by Gasteiger charge is -2.36. The highest BCUT2D eigenvalue weighted by atomic mass is 16.4. The van der Waals surface area contributed by atoms with Crippen LogP contribution in [0.25, 0.3) is 0 Å². The fourth-order valence-corrected chi connectivity index (χ4v) is 3.06. The molecule has 3 rings (SSSR count). The molecule has 0 bridgehead atoms. The minimum Gasteiger partial charge on any atom is -0.476 e. The lowest BCUT2D eigenvalue weighted by atomic mass is 9.94. The Kier molecular flexibility index (Phi) is 4.45. The van der Waals surface area contributed by atoms with Crippen LogP contribution in [0.15, 0.2) is 34.9 Å². The molecule has 2 aromatic rings. The van der Waals surface area contributed by atoms with Crippen molar-refractivity contribution in [2.24, 2.45) is 0 Å². The maximum absolute atomic E-state index is 10.8. The first-order valence-electron chi connectivity index (χ1n) is 7.66. The molecule has 0 spiro atoms. The Bertz CT molecular complexity index is 698. The summed E-state index contributed by atoms with van der Waals surface area (Å²) < 4.78 is 5.22. The van der Waals surface area contributed by atoms with Crippen LogP contribution in [0.3, 0.4) is 0 Å². The summed E-state index contributed by atoms with van der Waals surface area (Å²) in [6, 6.07) is 8.98. The second kappa shape index (κ2) is 6.52. The molecule has 6 nitrogen and oxygen atoms in total. The number of rotatable bonds is 5. The first-order valence-corrected chi connectivity index (χ1v) is 7.66. The first-order chi connectivity index (χ1) is 11.0. The molecule has 6 heteroatoms. The van der Waals surface area contributed by atoms with Crippen LogP contribution in [0.4, 0.5) is 0 Å². The second-order valence-corrected chi connectivity index (χ2v) is 6.17. The largest absolute Gasteiger partial charge is 0.476 e. The van der Waals surface area contributed by atoms with Crippen LogP contribution in [-0.2, 0) is 19.5 Å². The highest BCUT2D eigenvalue weighted by Crippen LogP contribution is 2.22. The van der Waals surface area contributed by atoms with Gasteiger partial charge in [-0.15, -0.1) is 0 Å². The van der Waals surface area contributed by atoms with E-state index in [1.165, 1.54) is 17.4 Å². The number of nitrogens with zero attached hydrogens (tertiary/aromatic N) is 3. The highest BCUT2D eigenvalue weighted by molar-refractivity contribution is 5.84. The van der Waals surface area contributed by atoms with E-state index in [0.717, 1.165) is 19.5 Å². The number of hydrogen-bond donors (Lipinski definition) is 1. The third-order valence-electron chi connectivity index (χ3n) is 4.32. The monoisotopic (exact) mass is 315 g/mol. The van der Waals surface area contributed by atoms with E-state index in [1.54, 1.807) is 0 Å². The summed E-state index contributed by atoms with van der Waals surface area (Å²) >= 11 is 0. The molecular formula is C17H21N3O3. The molecule has 1 atom stereocenters. The lowest BCUT2D eigenvalue weighted by molar-refractivity contribution is 0.0690. The van der Waals surface area contributed by atoms with Gasteiger partial charge in [-0.25, -0.2) is 9.78 Å². The molecule has 0 saturated carbocycles. The van der Waals surface area contributed by atoms with Gasteiger partial charge < -0.3 is 9.52 Å². The van der Waals surface area contributed by atoms with Crippen molar-refractivity contribution in [3.8, 4) is 0 Å². The molecule has 122 valence electrons. The molecule has 1 aromatic heterocycles. The standard InChI is InChI=1S/C17H21N3O3/c1-19(10-16-18-15(11-23-16)17(21)22)9-14-7-12-5-3-4-6-13(12)8-20(14)2/h3-6,11,14H,7-10H2,1-2H3,(H,21,22). The summed E-state index contributed by atoms with van der Waals surface area (Å²) in [5, 5.41) is 8.88. The van der Waals surface area contributed by atoms with Gasteiger partial charge in [0, 0.05) is 19.1 Å². The van der Waals surface area contributed by atoms with Crippen molar-refractivity contribution < 1.29 is 14.3 Å². The molecule has 1 aliphatic heterocycles. The van der Waals surface area contributed by atoms with Crippen molar-refractivity contribution >= 4 is 5.97 Å². The Labute approximate surface area is 135 Å². The van der Waals surface area contributed by atoms with Crippen LogP contribution < -0.4 is 0 Å². The van der Waals surface area contributed by atoms with E-state index in [9.17, 15) is 4.79 Å². The van der Waals surface area contributed by atoms with Crippen molar-refractivity contribution in [3.05, 3.63) is 53.2 Å². The third-order valence-corrected chi connectivity index (χ3v) is 4.32. The van der Waals surface area contributed by atoms with Crippen molar-refractivity contribution in [3.63, 3.8) is 0 Å². The zero-order chi connectivity index (χ0) is 16.4. The normalized spacial score (nSPS) is 18.1. The predicted octanol–water partition coefficient (Wildman–Crippen LogP) is 1.86. The number of fused-ring (bicyclic) bond motifs is 1. The molecule has 23 heavy (non-hydrogen) atoms. The minimum absolute atomic E-state index is 0.0443.